The molecule has 0 spiro atoms. The van der Waals surface area contributed by atoms with Gasteiger partial charge in [-0.2, -0.15) is 0 Å². The number of hydrogen-bond acceptors (Lipinski definition) is 7. The Morgan fingerprint density at radius 1 is 1.33 bits per heavy atom. The van der Waals surface area contributed by atoms with Crippen molar-refractivity contribution < 1.29 is 13.2 Å². The zero-order chi connectivity index (χ0) is 15.6. The molecule has 2 rings (SSSR count). The summed E-state index contributed by atoms with van der Waals surface area (Å²) in [6.45, 7) is 1.93. The van der Waals surface area contributed by atoms with Gasteiger partial charge >= 0.3 is 0 Å². The molecule has 1 aromatic carbocycles. The summed E-state index contributed by atoms with van der Waals surface area (Å²) < 4.78 is 23.1. The highest BCUT2D eigenvalue weighted by atomic mass is 32.2. The molecule has 0 fully saturated rings. The van der Waals surface area contributed by atoms with Crippen molar-refractivity contribution >= 4 is 37.9 Å². The van der Waals surface area contributed by atoms with Crippen LogP contribution in [0.3, 0.4) is 0 Å². The minimum Gasteiger partial charge on any atom is -0.399 e. The van der Waals surface area contributed by atoms with Gasteiger partial charge in [-0.15, -0.1) is 10.2 Å². The van der Waals surface area contributed by atoms with Crippen molar-refractivity contribution in [3.8, 4) is 0 Å². The minimum absolute atomic E-state index is 0.000777. The van der Waals surface area contributed by atoms with Gasteiger partial charge < -0.3 is 5.73 Å². The maximum Gasteiger partial charge on any atom is 0.257 e. The SMILES string of the molecule is CCc1nnc(NC(=O)c2cc(N)cc(S(C)(=O)=O)c2)s1. The standard InChI is InChI=1S/C12H14N4O3S2/c1-3-10-15-16-12(20-10)14-11(17)7-4-8(13)6-9(5-7)21(2,18)19/h4-6H,3,13H2,1-2H3,(H,14,16,17). The molecular formula is C12H14N4O3S2. The number of sulfone groups is 1. The quantitative estimate of drug-likeness (QED) is 0.819. The summed E-state index contributed by atoms with van der Waals surface area (Å²) in [4.78, 5) is 12.1. The molecule has 9 heteroatoms. The lowest BCUT2D eigenvalue weighted by Crippen LogP contribution is -2.13. The van der Waals surface area contributed by atoms with Gasteiger partial charge in [0.15, 0.2) is 9.84 Å². The van der Waals surface area contributed by atoms with E-state index in [2.05, 4.69) is 15.5 Å². The van der Waals surface area contributed by atoms with Crippen molar-refractivity contribution in [3.05, 3.63) is 28.8 Å². The smallest absolute Gasteiger partial charge is 0.257 e. The zero-order valence-corrected chi connectivity index (χ0v) is 13.1. The van der Waals surface area contributed by atoms with Crippen LogP contribution in [-0.2, 0) is 16.3 Å². The molecule has 1 heterocycles. The van der Waals surface area contributed by atoms with Gasteiger partial charge in [-0.05, 0) is 24.6 Å². The Morgan fingerprint density at radius 2 is 2.05 bits per heavy atom. The minimum atomic E-state index is -3.44. The largest absolute Gasteiger partial charge is 0.399 e. The van der Waals surface area contributed by atoms with Crippen LogP contribution >= 0.6 is 11.3 Å². The van der Waals surface area contributed by atoms with Crippen molar-refractivity contribution in [3.63, 3.8) is 0 Å². The molecule has 1 aromatic heterocycles. The maximum atomic E-state index is 12.1. The first-order valence-corrected chi connectivity index (χ1v) is 8.74. The van der Waals surface area contributed by atoms with Crippen molar-refractivity contribution in [2.45, 2.75) is 18.2 Å². The Kier molecular flexibility index (Phi) is 4.24. The number of amides is 1. The molecule has 0 bridgehead atoms. The second kappa shape index (κ2) is 5.78. The number of carbonyl (C=O) groups excluding carboxylic acids is 1. The van der Waals surface area contributed by atoms with E-state index < -0.39 is 15.7 Å². The van der Waals surface area contributed by atoms with E-state index in [0.29, 0.717) is 5.13 Å². The second-order valence-corrected chi connectivity index (χ2v) is 7.45. The number of carbonyl (C=O) groups is 1. The summed E-state index contributed by atoms with van der Waals surface area (Å²) in [6, 6.07) is 4.00. The molecule has 0 aliphatic carbocycles. The number of aromatic nitrogens is 2. The molecule has 21 heavy (non-hydrogen) atoms. The predicted molar refractivity (Wildman–Crippen MR) is 81.2 cm³/mol. The summed E-state index contributed by atoms with van der Waals surface area (Å²) in [6.07, 6.45) is 1.78. The molecule has 0 saturated heterocycles. The van der Waals surface area contributed by atoms with Crippen LogP contribution in [0.2, 0.25) is 0 Å². The summed E-state index contributed by atoms with van der Waals surface area (Å²) >= 11 is 1.27. The highest BCUT2D eigenvalue weighted by Crippen LogP contribution is 2.20. The van der Waals surface area contributed by atoms with Crippen LogP contribution in [0.25, 0.3) is 0 Å². The number of rotatable bonds is 4. The molecular weight excluding hydrogens is 312 g/mol. The highest BCUT2D eigenvalue weighted by Gasteiger charge is 2.15. The van der Waals surface area contributed by atoms with E-state index in [4.69, 9.17) is 5.73 Å². The molecule has 0 unspecified atom stereocenters. The van der Waals surface area contributed by atoms with Crippen LogP contribution < -0.4 is 11.1 Å². The number of nitrogens with one attached hydrogen (secondary N) is 1. The van der Waals surface area contributed by atoms with E-state index in [9.17, 15) is 13.2 Å². The van der Waals surface area contributed by atoms with E-state index in [0.717, 1.165) is 17.7 Å². The van der Waals surface area contributed by atoms with Gasteiger partial charge in [0.25, 0.3) is 5.91 Å². The van der Waals surface area contributed by atoms with Crippen LogP contribution in [0.5, 0.6) is 0 Å². The molecule has 3 N–H and O–H groups in total. The Hall–Kier alpha value is -2.00. The third kappa shape index (κ3) is 3.76. The number of anilines is 2. The number of aryl methyl sites for hydroxylation is 1. The van der Waals surface area contributed by atoms with E-state index in [1.807, 2.05) is 6.92 Å². The second-order valence-electron chi connectivity index (χ2n) is 4.37. The normalized spacial score (nSPS) is 11.3. The maximum absolute atomic E-state index is 12.1. The van der Waals surface area contributed by atoms with Gasteiger partial charge in [0.2, 0.25) is 5.13 Å². The van der Waals surface area contributed by atoms with Crippen LogP contribution in [0, 0.1) is 0 Å². The summed E-state index contributed by atoms with van der Waals surface area (Å²) in [5.41, 5.74) is 6.00. The molecule has 0 atom stereocenters. The monoisotopic (exact) mass is 326 g/mol. The lowest BCUT2D eigenvalue weighted by Gasteiger charge is -2.05. The van der Waals surface area contributed by atoms with Crippen LogP contribution in [0.4, 0.5) is 10.8 Å². The number of hydrogen-bond donors (Lipinski definition) is 2. The highest BCUT2D eigenvalue weighted by molar-refractivity contribution is 7.90. The molecule has 0 aliphatic heterocycles. The zero-order valence-electron chi connectivity index (χ0n) is 11.5. The first-order valence-electron chi connectivity index (χ1n) is 6.04. The Bertz CT molecular complexity index is 784. The van der Waals surface area contributed by atoms with Crippen molar-refractivity contribution in [1.29, 1.82) is 0 Å². The van der Waals surface area contributed by atoms with Gasteiger partial charge in [0, 0.05) is 17.5 Å². The molecule has 0 radical (unpaired) electrons. The van der Waals surface area contributed by atoms with Crippen molar-refractivity contribution in [2.24, 2.45) is 0 Å². The van der Waals surface area contributed by atoms with Gasteiger partial charge in [-0.3, -0.25) is 10.1 Å². The first kappa shape index (κ1) is 15.4. The third-order valence-electron chi connectivity index (χ3n) is 2.61. The van der Waals surface area contributed by atoms with Gasteiger partial charge in [0.05, 0.1) is 4.90 Å². The lowest BCUT2D eigenvalue weighted by molar-refractivity contribution is 0.102. The van der Waals surface area contributed by atoms with Crippen molar-refractivity contribution in [2.75, 3.05) is 17.3 Å². The predicted octanol–water partition coefficient (Wildman–Crippen LogP) is 1.34. The van der Waals surface area contributed by atoms with E-state index in [1.54, 1.807) is 0 Å². The fourth-order valence-electron chi connectivity index (χ4n) is 1.58. The average Bonchev–Trinajstić information content (AvgIpc) is 2.84. The summed E-state index contributed by atoms with van der Waals surface area (Å²) in [7, 11) is -3.44. The first-order chi connectivity index (χ1) is 9.79. The Morgan fingerprint density at radius 3 is 2.62 bits per heavy atom. The molecule has 0 saturated carbocycles. The van der Waals surface area contributed by atoms with Crippen molar-refractivity contribution in [1.82, 2.24) is 10.2 Å². The van der Waals surface area contributed by atoms with Gasteiger partial charge in [-0.25, -0.2) is 8.42 Å². The van der Waals surface area contributed by atoms with Crippen LogP contribution in [0.1, 0.15) is 22.3 Å². The molecule has 1 amide bonds. The fraction of sp³-hybridized carbons (Fsp3) is 0.250. The average molecular weight is 326 g/mol. The number of nitrogens with two attached hydrogens (primary N) is 1. The summed E-state index contributed by atoms with van der Waals surface area (Å²) in [5, 5.41) is 11.5. The van der Waals surface area contributed by atoms with E-state index in [1.165, 1.54) is 29.5 Å². The van der Waals surface area contributed by atoms with E-state index in [-0.39, 0.29) is 16.1 Å². The fourth-order valence-corrected chi connectivity index (χ4v) is 2.95. The Labute approximate surface area is 126 Å². The van der Waals surface area contributed by atoms with Crippen LogP contribution in [0.15, 0.2) is 23.1 Å². The number of benzene rings is 1. The Balaban J connectivity index is 2.29. The molecule has 7 nitrogen and oxygen atoms in total. The molecule has 112 valence electrons. The third-order valence-corrected chi connectivity index (χ3v) is 4.68. The molecule has 2 aromatic rings. The van der Waals surface area contributed by atoms with E-state index >= 15 is 0 Å². The van der Waals surface area contributed by atoms with Gasteiger partial charge in [0.1, 0.15) is 5.01 Å². The van der Waals surface area contributed by atoms with Gasteiger partial charge in [-0.1, -0.05) is 18.3 Å². The molecule has 0 aliphatic rings. The number of nitrogen functional groups attached to an aromatic ring is 1. The van der Waals surface area contributed by atoms with Crippen LogP contribution in [-0.4, -0.2) is 30.8 Å². The summed E-state index contributed by atoms with van der Waals surface area (Å²) in [5.74, 6) is -0.481. The number of nitrogens with zero attached hydrogens (tertiary/aromatic N) is 2. The topological polar surface area (TPSA) is 115 Å². The lowest BCUT2D eigenvalue weighted by atomic mass is 10.2.